The monoisotopic (exact) mass is 425 g/mol. The summed E-state index contributed by atoms with van der Waals surface area (Å²) in [6.07, 6.45) is -4.45. The Bertz CT molecular complexity index is 1000. The normalized spacial score (nSPS) is 12.6. The van der Waals surface area contributed by atoms with Gasteiger partial charge >= 0.3 is 6.18 Å². The summed E-state index contributed by atoms with van der Waals surface area (Å²) in [6, 6.07) is 9.65. The van der Waals surface area contributed by atoms with E-state index < -0.39 is 28.7 Å². The number of alkyl halides is 3. The summed E-state index contributed by atoms with van der Waals surface area (Å²) >= 11 is 1.02. The second-order valence-corrected chi connectivity index (χ2v) is 7.32. The van der Waals surface area contributed by atoms with Crippen LogP contribution < -0.4 is 11.2 Å². The smallest absolute Gasteiger partial charge is 0.335 e. The molecule has 0 spiro atoms. The number of nitrogen functional groups attached to an aromatic ring is 1. The number of aromatic nitrogens is 3. The van der Waals surface area contributed by atoms with E-state index in [9.17, 15) is 22.4 Å². The van der Waals surface area contributed by atoms with Crippen molar-refractivity contribution in [3.05, 3.63) is 59.9 Å². The molecule has 1 aromatic heterocycles. The molecule has 3 aromatic rings. The highest BCUT2D eigenvalue weighted by molar-refractivity contribution is 8.00. The average molecular weight is 425 g/mol. The van der Waals surface area contributed by atoms with Crippen molar-refractivity contribution in [1.29, 1.82) is 0 Å². The van der Waals surface area contributed by atoms with E-state index in [1.165, 1.54) is 41.1 Å². The lowest BCUT2D eigenvalue weighted by Gasteiger charge is -2.12. The van der Waals surface area contributed by atoms with Crippen molar-refractivity contribution >= 4 is 23.4 Å². The van der Waals surface area contributed by atoms with Crippen LogP contribution in [0.2, 0.25) is 0 Å². The number of rotatable bonds is 5. The first-order valence-corrected chi connectivity index (χ1v) is 9.14. The number of anilines is 1. The highest BCUT2D eigenvalue weighted by Crippen LogP contribution is 2.30. The first kappa shape index (κ1) is 20.6. The molecule has 0 fully saturated rings. The van der Waals surface area contributed by atoms with Gasteiger partial charge in [0.2, 0.25) is 11.1 Å². The fourth-order valence-corrected chi connectivity index (χ4v) is 3.12. The molecule has 11 heteroatoms. The summed E-state index contributed by atoms with van der Waals surface area (Å²) in [6.45, 7) is 1.59. The van der Waals surface area contributed by atoms with Crippen LogP contribution in [0.25, 0.3) is 11.4 Å². The van der Waals surface area contributed by atoms with Crippen molar-refractivity contribution in [3.63, 3.8) is 0 Å². The zero-order valence-corrected chi connectivity index (χ0v) is 15.8. The van der Waals surface area contributed by atoms with Crippen LogP contribution in [0.4, 0.5) is 23.2 Å². The zero-order chi connectivity index (χ0) is 21.2. The molecule has 2 aromatic carbocycles. The van der Waals surface area contributed by atoms with E-state index in [1.807, 2.05) is 0 Å². The van der Waals surface area contributed by atoms with Crippen LogP contribution in [0.15, 0.2) is 53.7 Å². The molecule has 0 aliphatic heterocycles. The van der Waals surface area contributed by atoms with Crippen molar-refractivity contribution in [2.45, 2.75) is 23.5 Å². The molecular weight excluding hydrogens is 410 g/mol. The van der Waals surface area contributed by atoms with Gasteiger partial charge in [-0.05, 0) is 55.5 Å². The van der Waals surface area contributed by atoms with Gasteiger partial charge in [0.25, 0.3) is 0 Å². The largest absolute Gasteiger partial charge is 0.416 e. The molecule has 1 amide bonds. The number of thioether (sulfide) groups is 1. The number of hydrogen-bond donors (Lipinski definition) is 2. The minimum atomic E-state index is -4.45. The number of nitrogens with one attached hydrogen (secondary N) is 1. The second kappa shape index (κ2) is 8.11. The maximum absolute atomic E-state index is 13.0. The van der Waals surface area contributed by atoms with Crippen LogP contribution in [-0.4, -0.2) is 26.0 Å². The summed E-state index contributed by atoms with van der Waals surface area (Å²) in [5, 5.41) is 10.0. The third-order valence-corrected chi connectivity index (χ3v) is 4.95. The number of halogens is 4. The average Bonchev–Trinajstić information content (AvgIpc) is 3.02. The van der Waals surface area contributed by atoms with Gasteiger partial charge in [-0.25, -0.2) is 9.07 Å². The second-order valence-electron chi connectivity index (χ2n) is 6.01. The van der Waals surface area contributed by atoms with Crippen LogP contribution in [0.1, 0.15) is 12.5 Å². The summed E-state index contributed by atoms with van der Waals surface area (Å²) in [5.41, 5.74) is -0.0192. The highest BCUT2D eigenvalue weighted by atomic mass is 32.2. The minimum absolute atomic E-state index is 0.233. The molecule has 0 aliphatic rings. The van der Waals surface area contributed by atoms with E-state index in [1.54, 1.807) is 6.92 Å². The van der Waals surface area contributed by atoms with E-state index >= 15 is 0 Å². The van der Waals surface area contributed by atoms with Gasteiger partial charge < -0.3 is 11.2 Å². The van der Waals surface area contributed by atoms with Gasteiger partial charge in [-0.3, -0.25) is 4.79 Å². The molecule has 3 rings (SSSR count). The molecule has 1 atom stereocenters. The van der Waals surface area contributed by atoms with Crippen molar-refractivity contribution in [2.75, 3.05) is 11.2 Å². The Hall–Kier alpha value is -3.08. The number of nitrogens with two attached hydrogens (primary N) is 1. The maximum Gasteiger partial charge on any atom is 0.416 e. The topological polar surface area (TPSA) is 85.8 Å². The Morgan fingerprint density at radius 2 is 1.72 bits per heavy atom. The van der Waals surface area contributed by atoms with Gasteiger partial charge in [0.05, 0.1) is 10.8 Å². The van der Waals surface area contributed by atoms with Gasteiger partial charge in [-0.2, -0.15) is 13.2 Å². The van der Waals surface area contributed by atoms with Gasteiger partial charge in [-0.1, -0.05) is 11.8 Å². The summed E-state index contributed by atoms with van der Waals surface area (Å²) in [5.74, 6) is 5.42. The molecular formula is C18H15F4N5OS. The molecule has 152 valence electrons. The fourth-order valence-electron chi connectivity index (χ4n) is 2.35. The van der Waals surface area contributed by atoms with Crippen LogP contribution in [-0.2, 0) is 11.0 Å². The summed E-state index contributed by atoms with van der Waals surface area (Å²) in [7, 11) is 0. The van der Waals surface area contributed by atoms with E-state index in [0.717, 1.165) is 23.9 Å². The van der Waals surface area contributed by atoms with Gasteiger partial charge in [0, 0.05) is 11.3 Å². The fraction of sp³-hybridized carbons (Fsp3) is 0.167. The van der Waals surface area contributed by atoms with Crippen molar-refractivity contribution in [2.24, 2.45) is 0 Å². The lowest BCUT2D eigenvalue weighted by molar-refractivity contribution is -0.137. The quantitative estimate of drug-likeness (QED) is 0.368. The lowest BCUT2D eigenvalue weighted by Crippen LogP contribution is -2.23. The molecule has 6 nitrogen and oxygen atoms in total. The molecule has 29 heavy (non-hydrogen) atoms. The Balaban J connectivity index is 1.66. The lowest BCUT2D eigenvalue weighted by atomic mass is 10.2. The van der Waals surface area contributed by atoms with E-state index in [4.69, 9.17) is 5.84 Å². The van der Waals surface area contributed by atoms with Gasteiger partial charge in [-0.15, -0.1) is 10.2 Å². The SMILES string of the molecule is CC(Sc1nnc(-c2ccc(F)cc2)n1N)C(=O)Nc1ccc(C(F)(F)F)cc1. The van der Waals surface area contributed by atoms with Crippen molar-refractivity contribution in [3.8, 4) is 11.4 Å². The highest BCUT2D eigenvalue weighted by Gasteiger charge is 2.30. The molecule has 0 saturated heterocycles. The Morgan fingerprint density at radius 3 is 2.31 bits per heavy atom. The zero-order valence-electron chi connectivity index (χ0n) is 14.9. The van der Waals surface area contributed by atoms with Crippen molar-refractivity contribution < 1.29 is 22.4 Å². The molecule has 0 radical (unpaired) electrons. The van der Waals surface area contributed by atoms with Crippen LogP contribution in [0.5, 0.6) is 0 Å². The third-order valence-electron chi connectivity index (χ3n) is 3.90. The summed E-state index contributed by atoms with van der Waals surface area (Å²) < 4.78 is 52.0. The molecule has 0 saturated carbocycles. The number of hydrogen-bond acceptors (Lipinski definition) is 5. The van der Waals surface area contributed by atoms with E-state index in [0.29, 0.717) is 11.4 Å². The number of benzene rings is 2. The number of carbonyl (C=O) groups is 1. The standard InChI is InChI=1S/C18H15F4N5OS/c1-10(16(28)24-14-8-4-12(5-9-14)18(20,21)22)29-17-26-25-15(27(17)23)11-2-6-13(19)7-3-11/h2-10H,23H2,1H3,(H,24,28). The minimum Gasteiger partial charge on any atom is -0.335 e. The predicted octanol–water partition coefficient (Wildman–Crippen LogP) is 3.94. The Labute approximate surface area is 167 Å². The predicted molar refractivity (Wildman–Crippen MR) is 101 cm³/mol. The van der Waals surface area contributed by atoms with Gasteiger partial charge in [0.1, 0.15) is 5.82 Å². The molecule has 1 heterocycles. The van der Waals surface area contributed by atoms with Crippen LogP contribution in [0, 0.1) is 5.82 Å². The van der Waals surface area contributed by atoms with E-state index in [-0.39, 0.29) is 10.8 Å². The van der Waals surface area contributed by atoms with Gasteiger partial charge in [0.15, 0.2) is 5.82 Å². The number of carbonyl (C=O) groups excluding carboxylic acids is 1. The number of amides is 1. The Kier molecular flexibility index (Phi) is 5.78. The molecule has 0 bridgehead atoms. The first-order chi connectivity index (χ1) is 13.6. The number of nitrogens with zero attached hydrogens (tertiary/aromatic N) is 3. The van der Waals surface area contributed by atoms with E-state index in [2.05, 4.69) is 15.5 Å². The van der Waals surface area contributed by atoms with Crippen molar-refractivity contribution in [1.82, 2.24) is 14.9 Å². The molecule has 1 unspecified atom stereocenters. The Morgan fingerprint density at radius 1 is 1.10 bits per heavy atom. The third kappa shape index (κ3) is 4.86. The van der Waals surface area contributed by atoms with Crippen LogP contribution >= 0.6 is 11.8 Å². The van der Waals surface area contributed by atoms with Crippen LogP contribution in [0.3, 0.4) is 0 Å². The first-order valence-electron chi connectivity index (χ1n) is 8.26. The molecule has 3 N–H and O–H groups in total. The molecule has 0 aliphatic carbocycles. The summed E-state index contributed by atoms with van der Waals surface area (Å²) in [4.78, 5) is 12.3. The maximum atomic E-state index is 13.0.